The quantitative estimate of drug-likeness (QED) is 0.626. The molecule has 0 saturated heterocycles. The summed E-state index contributed by atoms with van der Waals surface area (Å²) in [5.74, 6) is 0.425. The second-order valence-electron chi connectivity index (χ2n) is 3.99. The minimum Gasteiger partial charge on any atom is -0.383 e. The SMILES string of the molecule is CCN(CC(=O)C(C)C)C(C)COC. The highest BCUT2D eigenvalue weighted by Gasteiger charge is 2.16. The summed E-state index contributed by atoms with van der Waals surface area (Å²) < 4.78 is 5.08. The molecule has 0 aliphatic rings. The Hall–Kier alpha value is -0.410. The fraction of sp³-hybridized carbons (Fsp3) is 0.909. The van der Waals surface area contributed by atoms with Gasteiger partial charge in [-0.25, -0.2) is 0 Å². The largest absolute Gasteiger partial charge is 0.383 e. The predicted molar refractivity (Wildman–Crippen MR) is 58.4 cm³/mol. The van der Waals surface area contributed by atoms with Crippen LogP contribution in [0.3, 0.4) is 0 Å². The third-order valence-corrected chi connectivity index (χ3v) is 2.44. The number of likely N-dealkylation sites (N-methyl/N-ethyl adjacent to an activating group) is 1. The monoisotopic (exact) mass is 201 g/mol. The normalized spacial score (nSPS) is 13.6. The van der Waals surface area contributed by atoms with Crippen molar-refractivity contribution in [3.8, 4) is 0 Å². The molecule has 3 heteroatoms. The first kappa shape index (κ1) is 13.6. The van der Waals surface area contributed by atoms with E-state index < -0.39 is 0 Å². The number of hydrogen-bond acceptors (Lipinski definition) is 3. The zero-order valence-corrected chi connectivity index (χ0v) is 10.0. The molecular weight excluding hydrogens is 178 g/mol. The number of hydrogen-bond donors (Lipinski definition) is 0. The van der Waals surface area contributed by atoms with Crippen LogP contribution < -0.4 is 0 Å². The summed E-state index contributed by atoms with van der Waals surface area (Å²) in [6.45, 7) is 10.1. The lowest BCUT2D eigenvalue weighted by atomic mass is 10.1. The zero-order chi connectivity index (χ0) is 11.1. The highest BCUT2D eigenvalue weighted by atomic mass is 16.5. The molecule has 0 aliphatic heterocycles. The summed E-state index contributed by atoms with van der Waals surface area (Å²) in [4.78, 5) is 13.7. The van der Waals surface area contributed by atoms with Gasteiger partial charge in [0.2, 0.25) is 0 Å². The molecule has 0 aliphatic carbocycles. The maximum absolute atomic E-state index is 11.5. The van der Waals surface area contributed by atoms with E-state index in [1.165, 1.54) is 0 Å². The summed E-state index contributed by atoms with van der Waals surface area (Å²) in [5.41, 5.74) is 0. The minimum absolute atomic E-state index is 0.124. The number of ether oxygens (including phenoxy) is 1. The number of nitrogens with zero attached hydrogens (tertiary/aromatic N) is 1. The highest BCUT2D eigenvalue weighted by molar-refractivity contribution is 5.82. The maximum atomic E-state index is 11.5. The van der Waals surface area contributed by atoms with Crippen LogP contribution in [-0.2, 0) is 9.53 Å². The Labute approximate surface area is 87.4 Å². The van der Waals surface area contributed by atoms with Crippen LogP contribution >= 0.6 is 0 Å². The van der Waals surface area contributed by atoms with Crippen LogP contribution in [0.5, 0.6) is 0 Å². The van der Waals surface area contributed by atoms with Gasteiger partial charge >= 0.3 is 0 Å². The Morgan fingerprint density at radius 3 is 2.29 bits per heavy atom. The van der Waals surface area contributed by atoms with Gasteiger partial charge in [0, 0.05) is 19.1 Å². The van der Waals surface area contributed by atoms with E-state index in [0.717, 1.165) is 6.54 Å². The van der Waals surface area contributed by atoms with Crippen molar-refractivity contribution in [1.82, 2.24) is 4.90 Å². The van der Waals surface area contributed by atoms with Crippen molar-refractivity contribution in [1.29, 1.82) is 0 Å². The molecule has 14 heavy (non-hydrogen) atoms. The predicted octanol–water partition coefficient (Wildman–Crippen LogP) is 1.57. The van der Waals surface area contributed by atoms with Gasteiger partial charge < -0.3 is 4.74 Å². The lowest BCUT2D eigenvalue weighted by Gasteiger charge is -2.27. The first-order valence-electron chi connectivity index (χ1n) is 5.28. The molecule has 0 fully saturated rings. The van der Waals surface area contributed by atoms with Crippen LogP contribution in [0.4, 0.5) is 0 Å². The van der Waals surface area contributed by atoms with Crippen LogP contribution in [0.1, 0.15) is 27.7 Å². The molecule has 84 valence electrons. The van der Waals surface area contributed by atoms with Gasteiger partial charge in [0.05, 0.1) is 13.2 Å². The zero-order valence-electron chi connectivity index (χ0n) is 10.0. The van der Waals surface area contributed by atoms with Crippen molar-refractivity contribution >= 4 is 5.78 Å². The molecule has 0 saturated carbocycles. The number of carbonyl (C=O) groups excluding carboxylic acids is 1. The summed E-state index contributed by atoms with van der Waals surface area (Å²) in [7, 11) is 1.69. The molecule has 0 amide bonds. The van der Waals surface area contributed by atoms with E-state index in [1.807, 2.05) is 13.8 Å². The van der Waals surface area contributed by atoms with Crippen molar-refractivity contribution in [3.05, 3.63) is 0 Å². The van der Waals surface area contributed by atoms with Crippen LogP contribution in [-0.4, -0.2) is 43.5 Å². The highest BCUT2D eigenvalue weighted by Crippen LogP contribution is 2.03. The van der Waals surface area contributed by atoms with Gasteiger partial charge in [0.25, 0.3) is 0 Å². The van der Waals surface area contributed by atoms with Gasteiger partial charge in [-0.2, -0.15) is 0 Å². The Bertz CT molecular complexity index is 169. The average molecular weight is 201 g/mol. The molecule has 0 radical (unpaired) electrons. The summed E-state index contributed by atoms with van der Waals surface area (Å²) in [6, 6.07) is 0.313. The van der Waals surface area contributed by atoms with Crippen LogP contribution in [0.25, 0.3) is 0 Å². The number of methoxy groups -OCH3 is 1. The van der Waals surface area contributed by atoms with Gasteiger partial charge in [-0.3, -0.25) is 9.69 Å². The molecular formula is C11H23NO2. The van der Waals surface area contributed by atoms with Crippen molar-refractivity contribution in [2.45, 2.75) is 33.7 Å². The molecule has 1 unspecified atom stereocenters. The third kappa shape index (κ3) is 4.72. The van der Waals surface area contributed by atoms with E-state index in [2.05, 4.69) is 18.7 Å². The van der Waals surface area contributed by atoms with Crippen molar-refractivity contribution in [2.24, 2.45) is 5.92 Å². The molecule has 0 aromatic rings. The maximum Gasteiger partial charge on any atom is 0.149 e. The number of carbonyl (C=O) groups is 1. The lowest BCUT2D eigenvalue weighted by molar-refractivity contribution is -0.123. The van der Waals surface area contributed by atoms with Crippen molar-refractivity contribution in [2.75, 3.05) is 26.8 Å². The summed E-state index contributed by atoms with van der Waals surface area (Å²) >= 11 is 0. The van der Waals surface area contributed by atoms with Crippen LogP contribution in [0, 0.1) is 5.92 Å². The number of Topliss-reactive ketones (excluding diaryl/α,β-unsaturated/α-hetero) is 1. The Morgan fingerprint density at radius 1 is 1.36 bits per heavy atom. The Morgan fingerprint density at radius 2 is 1.93 bits per heavy atom. The molecule has 0 rings (SSSR count). The fourth-order valence-electron chi connectivity index (χ4n) is 1.31. The topological polar surface area (TPSA) is 29.5 Å². The number of rotatable bonds is 7. The first-order chi connectivity index (χ1) is 6.52. The van der Waals surface area contributed by atoms with Crippen molar-refractivity contribution in [3.63, 3.8) is 0 Å². The Balaban J connectivity index is 4.07. The molecule has 0 aromatic heterocycles. The second kappa shape index (κ2) is 6.96. The van der Waals surface area contributed by atoms with E-state index in [-0.39, 0.29) is 5.92 Å². The summed E-state index contributed by atoms with van der Waals surface area (Å²) in [5, 5.41) is 0. The van der Waals surface area contributed by atoms with E-state index in [1.54, 1.807) is 7.11 Å². The lowest BCUT2D eigenvalue weighted by Crippen LogP contribution is -2.40. The molecule has 1 atom stereocenters. The summed E-state index contributed by atoms with van der Waals surface area (Å²) in [6.07, 6.45) is 0. The van der Waals surface area contributed by atoms with E-state index in [4.69, 9.17) is 4.74 Å². The first-order valence-corrected chi connectivity index (χ1v) is 5.28. The van der Waals surface area contributed by atoms with E-state index >= 15 is 0 Å². The molecule has 0 N–H and O–H groups in total. The third-order valence-electron chi connectivity index (χ3n) is 2.44. The second-order valence-corrected chi connectivity index (χ2v) is 3.99. The molecule has 0 spiro atoms. The average Bonchev–Trinajstić information content (AvgIpc) is 2.13. The molecule has 0 bridgehead atoms. The van der Waals surface area contributed by atoms with Crippen LogP contribution in [0.15, 0.2) is 0 Å². The van der Waals surface area contributed by atoms with Crippen molar-refractivity contribution < 1.29 is 9.53 Å². The fourth-order valence-corrected chi connectivity index (χ4v) is 1.31. The van der Waals surface area contributed by atoms with Gasteiger partial charge in [0.15, 0.2) is 0 Å². The van der Waals surface area contributed by atoms with Gasteiger partial charge in [-0.05, 0) is 13.5 Å². The van der Waals surface area contributed by atoms with E-state index in [0.29, 0.717) is 25.0 Å². The molecule has 0 aromatic carbocycles. The molecule has 3 nitrogen and oxygen atoms in total. The standard InChI is InChI=1S/C11H23NO2/c1-6-12(10(4)8-14-5)7-11(13)9(2)3/h9-10H,6-8H2,1-5H3. The minimum atomic E-state index is 0.124. The van der Waals surface area contributed by atoms with Gasteiger partial charge in [0.1, 0.15) is 5.78 Å². The smallest absolute Gasteiger partial charge is 0.149 e. The van der Waals surface area contributed by atoms with Gasteiger partial charge in [-0.15, -0.1) is 0 Å². The van der Waals surface area contributed by atoms with Gasteiger partial charge in [-0.1, -0.05) is 20.8 Å². The Kier molecular flexibility index (Phi) is 6.75. The van der Waals surface area contributed by atoms with Crippen LogP contribution in [0.2, 0.25) is 0 Å². The van der Waals surface area contributed by atoms with E-state index in [9.17, 15) is 4.79 Å². The number of ketones is 1. The molecule has 0 heterocycles.